The lowest BCUT2D eigenvalue weighted by Crippen LogP contribution is -2.53. The van der Waals surface area contributed by atoms with Crippen LogP contribution in [0.1, 0.15) is 30.9 Å². The number of para-hydroxylation sites is 1. The maximum absolute atomic E-state index is 13.5. The molecular formula is C27H33N3O4. The topological polar surface area (TPSA) is 71.1 Å². The molecule has 0 radical (unpaired) electrons. The molecule has 7 nitrogen and oxygen atoms in total. The van der Waals surface area contributed by atoms with Crippen molar-refractivity contribution in [3.63, 3.8) is 0 Å². The molecule has 0 spiro atoms. The largest absolute Gasteiger partial charge is 0.493 e. The monoisotopic (exact) mass is 463 g/mol. The van der Waals surface area contributed by atoms with Gasteiger partial charge in [0.15, 0.2) is 11.5 Å². The number of benzene rings is 2. The number of carbonyl (C=O) groups is 2. The van der Waals surface area contributed by atoms with Crippen molar-refractivity contribution in [2.45, 2.75) is 31.8 Å². The molecular weight excluding hydrogens is 430 g/mol. The maximum Gasteiger partial charge on any atom is 0.325 e. The van der Waals surface area contributed by atoms with Crippen molar-refractivity contribution in [2.24, 2.45) is 5.92 Å². The van der Waals surface area contributed by atoms with Crippen molar-refractivity contribution in [2.75, 3.05) is 33.9 Å². The number of carbonyl (C=O) groups excluding carboxylic acids is 2. The fourth-order valence-corrected chi connectivity index (χ4v) is 4.98. The molecule has 2 aromatic carbocycles. The SMILES string of the molecule is COc1cccc(CN2C(=O)N[C@@](C)(C3CCN(C/C=C/c4ccccc4)CC3)C2=O)c1OC. The highest BCUT2D eigenvalue weighted by Crippen LogP contribution is 2.36. The van der Waals surface area contributed by atoms with E-state index in [1.807, 2.05) is 37.3 Å². The molecule has 4 rings (SSSR count). The van der Waals surface area contributed by atoms with Gasteiger partial charge in [0.05, 0.1) is 20.8 Å². The number of urea groups is 1. The molecule has 1 atom stereocenters. The van der Waals surface area contributed by atoms with Crippen molar-refractivity contribution in [3.05, 3.63) is 65.7 Å². The average Bonchev–Trinajstić information content (AvgIpc) is 3.08. The Bertz CT molecular complexity index is 1050. The molecule has 0 unspecified atom stereocenters. The summed E-state index contributed by atoms with van der Waals surface area (Å²) in [5, 5.41) is 3.00. The molecule has 180 valence electrons. The zero-order chi connectivity index (χ0) is 24.1. The summed E-state index contributed by atoms with van der Waals surface area (Å²) in [5.41, 5.74) is 1.03. The molecule has 2 aliphatic heterocycles. The van der Waals surface area contributed by atoms with Crippen molar-refractivity contribution in [1.29, 1.82) is 0 Å². The second-order valence-electron chi connectivity index (χ2n) is 9.06. The molecule has 2 fully saturated rings. The summed E-state index contributed by atoms with van der Waals surface area (Å²) in [5.74, 6) is 1.03. The summed E-state index contributed by atoms with van der Waals surface area (Å²) in [7, 11) is 3.12. The van der Waals surface area contributed by atoms with Crippen LogP contribution in [0, 0.1) is 5.92 Å². The quantitative estimate of drug-likeness (QED) is 0.601. The van der Waals surface area contributed by atoms with Crippen molar-refractivity contribution in [3.8, 4) is 11.5 Å². The second kappa shape index (κ2) is 10.3. The van der Waals surface area contributed by atoms with Gasteiger partial charge >= 0.3 is 6.03 Å². The first-order chi connectivity index (χ1) is 16.5. The third-order valence-corrected chi connectivity index (χ3v) is 6.99. The second-order valence-corrected chi connectivity index (χ2v) is 9.06. The number of ether oxygens (including phenoxy) is 2. The van der Waals surface area contributed by atoms with Gasteiger partial charge in [0.2, 0.25) is 0 Å². The maximum atomic E-state index is 13.5. The Morgan fingerprint density at radius 2 is 1.76 bits per heavy atom. The fraction of sp³-hybridized carbons (Fsp3) is 0.407. The Kier molecular flexibility index (Phi) is 7.22. The van der Waals surface area contributed by atoms with Crippen LogP contribution in [0.2, 0.25) is 0 Å². The molecule has 1 N–H and O–H groups in total. The number of rotatable bonds is 8. The van der Waals surface area contributed by atoms with E-state index in [9.17, 15) is 9.59 Å². The Balaban J connectivity index is 1.38. The number of amides is 3. The highest BCUT2D eigenvalue weighted by atomic mass is 16.5. The average molecular weight is 464 g/mol. The first-order valence-corrected chi connectivity index (χ1v) is 11.7. The van der Waals surface area contributed by atoms with E-state index < -0.39 is 5.54 Å². The van der Waals surface area contributed by atoms with Gasteiger partial charge in [-0.1, -0.05) is 54.6 Å². The molecule has 2 heterocycles. The number of hydrogen-bond acceptors (Lipinski definition) is 5. The van der Waals surface area contributed by atoms with Crippen LogP contribution >= 0.6 is 0 Å². The van der Waals surface area contributed by atoms with Gasteiger partial charge in [0.25, 0.3) is 5.91 Å². The van der Waals surface area contributed by atoms with Crippen LogP contribution in [0.3, 0.4) is 0 Å². The molecule has 34 heavy (non-hydrogen) atoms. The van der Waals surface area contributed by atoms with E-state index in [1.54, 1.807) is 20.3 Å². The lowest BCUT2D eigenvalue weighted by molar-refractivity contribution is -0.133. The van der Waals surface area contributed by atoms with Gasteiger partial charge in [0, 0.05) is 12.1 Å². The van der Waals surface area contributed by atoms with Crippen LogP contribution in [0.15, 0.2) is 54.6 Å². The third kappa shape index (κ3) is 4.80. The summed E-state index contributed by atoms with van der Waals surface area (Å²) in [6, 6.07) is 15.4. The molecule has 2 saturated heterocycles. The van der Waals surface area contributed by atoms with Crippen LogP contribution in [0.4, 0.5) is 4.79 Å². The molecule has 0 bridgehead atoms. The Labute approximate surface area is 201 Å². The summed E-state index contributed by atoms with van der Waals surface area (Å²) >= 11 is 0. The highest BCUT2D eigenvalue weighted by molar-refractivity contribution is 6.07. The van der Waals surface area contributed by atoms with Gasteiger partial charge in [-0.25, -0.2) is 4.79 Å². The van der Waals surface area contributed by atoms with E-state index in [4.69, 9.17) is 9.47 Å². The van der Waals surface area contributed by atoms with Crippen molar-refractivity contribution < 1.29 is 19.1 Å². The number of methoxy groups -OCH3 is 2. The van der Waals surface area contributed by atoms with Gasteiger partial charge in [-0.2, -0.15) is 0 Å². The Morgan fingerprint density at radius 1 is 1.03 bits per heavy atom. The van der Waals surface area contributed by atoms with Gasteiger partial charge in [0.1, 0.15) is 5.54 Å². The first-order valence-electron chi connectivity index (χ1n) is 11.7. The molecule has 3 amide bonds. The first kappa shape index (κ1) is 23.8. The summed E-state index contributed by atoms with van der Waals surface area (Å²) in [6.07, 6.45) is 6.04. The molecule has 0 aromatic heterocycles. The summed E-state index contributed by atoms with van der Waals surface area (Å²) in [4.78, 5) is 30.0. The van der Waals surface area contributed by atoms with E-state index in [0.717, 1.165) is 38.0 Å². The van der Waals surface area contributed by atoms with Crippen LogP contribution in [0.5, 0.6) is 11.5 Å². The van der Waals surface area contributed by atoms with E-state index in [-0.39, 0.29) is 24.4 Å². The lowest BCUT2D eigenvalue weighted by atomic mass is 9.79. The smallest absolute Gasteiger partial charge is 0.325 e. The minimum atomic E-state index is -0.894. The van der Waals surface area contributed by atoms with Crippen molar-refractivity contribution in [1.82, 2.24) is 15.1 Å². The van der Waals surface area contributed by atoms with Crippen LogP contribution in [-0.4, -0.2) is 61.1 Å². The summed E-state index contributed by atoms with van der Waals surface area (Å²) in [6.45, 7) is 4.67. The minimum absolute atomic E-state index is 0.0931. The number of piperidine rings is 1. The van der Waals surface area contributed by atoms with E-state index >= 15 is 0 Å². The van der Waals surface area contributed by atoms with Gasteiger partial charge in [-0.3, -0.25) is 14.6 Å². The number of hydrogen-bond donors (Lipinski definition) is 1. The van der Waals surface area contributed by atoms with Crippen LogP contribution < -0.4 is 14.8 Å². The zero-order valence-corrected chi connectivity index (χ0v) is 20.1. The van der Waals surface area contributed by atoms with Gasteiger partial charge in [-0.15, -0.1) is 0 Å². The van der Waals surface area contributed by atoms with Gasteiger partial charge < -0.3 is 14.8 Å². The number of imide groups is 1. The molecule has 0 saturated carbocycles. The number of nitrogens with zero attached hydrogens (tertiary/aromatic N) is 2. The highest BCUT2D eigenvalue weighted by Gasteiger charge is 2.52. The van der Waals surface area contributed by atoms with Crippen molar-refractivity contribution >= 4 is 18.0 Å². The van der Waals surface area contributed by atoms with Crippen LogP contribution in [-0.2, 0) is 11.3 Å². The fourth-order valence-electron chi connectivity index (χ4n) is 4.98. The third-order valence-electron chi connectivity index (χ3n) is 6.99. The molecule has 2 aliphatic rings. The predicted molar refractivity (Wildman–Crippen MR) is 132 cm³/mol. The number of nitrogens with one attached hydrogen (secondary N) is 1. The Morgan fingerprint density at radius 3 is 2.44 bits per heavy atom. The molecule has 2 aromatic rings. The zero-order valence-electron chi connectivity index (χ0n) is 20.1. The predicted octanol–water partition coefficient (Wildman–Crippen LogP) is 3.94. The number of likely N-dealkylation sites (tertiary alicyclic amines) is 1. The van der Waals surface area contributed by atoms with E-state index in [1.165, 1.54) is 10.5 Å². The van der Waals surface area contributed by atoms with E-state index in [0.29, 0.717) is 11.5 Å². The molecule has 7 heteroatoms. The Hall–Kier alpha value is -3.32. The summed E-state index contributed by atoms with van der Waals surface area (Å²) < 4.78 is 10.8. The standard InChI is InChI=1S/C27H33N3O4/c1-27(22-14-17-29(18-15-22)16-8-11-20-9-5-4-6-10-20)25(31)30(26(32)28-27)19-21-12-7-13-23(33-2)24(21)34-3/h4-13,22H,14-19H2,1-3H3,(H,28,32)/b11-8+/t27-/m0/s1. The van der Waals surface area contributed by atoms with Gasteiger partial charge in [-0.05, 0) is 50.4 Å². The van der Waals surface area contributed by atoms with E-state index in [2.05, 4.69) is 34.5 Å². The minimum Gasteiger partial charge on any atom is -0.493 e. The normalized spacial score (nSPS) is 21.8. The van der Waals surface area contributed by atoms with Crippen LogP contribution in [0.25, 0.3) is 6.08 Å². The molecule has 0 aliphatic carbocycles. The lowest BCUT2D eigenvalue weighted by Gasteiger charge is -2.38.